The highest BCUT2D eigenvalue weighted by atomic mass is 35.5. The molecule has 1 heterocycles. The van der Waals surface area contributed by atoms with E-state index in [4.69, 9.17) is 11.5 Å². The van der Waals surface area contributed by atoms with E-state index in [0.29, 0.717) is 12.1 Å². The fourth-order valence-electron chi connectivity index (χ4n) is 1.16. The average molecular weight is 314 g/mol. The number of nitrogen functional groups attached to an aromatic ring is 1. The molecule has 0 spiro atoms. The Balaban J connectivity index is -0.000000750. The average Bonchev–Trinajstić information content (AvgIpc) is 2.17. The number of nitrogens with two attached hydrogens (primary N) is 2. The molecule has 0 aliphatic rings. The molecule has 0 aliphatic heterocycles. The van der Waals surface area contributed by atoms with Gasteiger partial charge in [0.25, 0.3) is 0 Å². The van der Waals surface area contributed by atoms with Crippen molar-refractivity contribution in [3.05, 3.63) is 18.0 Å². The highest BCUT2D eigenvalue weighted by Gasteiger charge is 2.01. The summed E-state index contributed by atoms with van der Waals surface area (Å²) in [6.45, 7) is 1.92. The maximum absolute atomic E-state index is 5.75. The van der Waals surface area contributed by atoms with Gasteiger partial charge in [0.2, 0.25) is 0 Å². The first-order valence-corrected chi connectivity index (χ1v) is 4.80. The van der Waals surface area contributed by atoms with Crippen LogP contribution in [0.2, 0.25) is 0 Å². The molecular formula is C11H19Cl3N4. The number of halogens is 3. The van der Waals surface area contributed by atoms with Crippen molar-refractivity contribution in [3.8, 4) is 11.8 Å². The zero-order chi connectivity index (χ0) is 11.3. The molecule has 4 nitrogen and oxygen atoms in total. The van der Waals surface area contributed by atoms with E-state index in [1.165, 1.54) is 0 Å². The monoisotopic (exact) mass is 312 g/mol. The number of anilines is 2. The van der Waals surface area contributed by atoms with Crippen molar-refractivity contribution in [2.45, 2.75) is 19.4 Å². The molecule has 1 rings (SSSR count). The van der Waals surface area contributed by atoms with E-state index in [1.807, 2.05) is 14.0 Å². The lowest BCUT2D eigenvalue weighted by atomic mass is 10.2. The van der Waals surface area contributed by atoms with Crippen LogP contribution < -0.4 is 16.8 Å². The predicted molar refractivity (Wildman–Crippen MR) is 85.1 cm³/mol. The van der Waals surface area contributed by atoms with E-state index < -0.39 is 0 Å². The van der Waals surface area contributed by atoms with Crippen molar-refractivity contribution in [2.24, 2.45) is 5.73 Å². The smallest absolute Gasteiger partial charge is 0.0762 e. The summed E-state index contributed by atoms with van der Waals surface area (Å²) in [4.78, 5) is 3.99. The van der Waals surface area contributed by atoms with Crippen LogP contribution in [-0.4, -0.2) is 18.1 Å². The van der Waals surface area contributed by atoms with Gasteiger partial charge in [0.05, 0.1) is 23.1 Å². The van der Waals surface area contributed by atoms with Gasteiger partial charge in [-0.15, -0.1) is 37.2 Å². The third-order valence-electron chi connectivity index (χ3n) is 1.87. The number of hydrogen-bond donors (Lipinski definition) is 3. The Bertz CT molecular complexity index is 399. The molecule has 1 aromatic heterocycles. The van der Waals surface area contributed by atoms with Gasteiger partial charge in [-0.25, -0.2) is 0 Å². The number of nitrogens with zero attached hydrogens (tertiary/aromatic N) is 1. The molecule has 0 radical (unpaired) electrons. The summed E-state index contributed by atoms with van der Waals surface area (Å²) in [5.74, 6) is 5.99. The Morgan fingerprint density at radius 1 is 1.33 bits per heavy atom. The van der Waals surface area contributed by atoms with Crippen molar-refractivity contribution in [3.63, 3.8) is 0 Å². The Kier molecular flexibility index (Phi) is 13.9. The maximum Gasteiger partial charge on any atom is 0.0762 e. The van der Waals surface area contributed by atoms with Crippen LogP contribution in [0.3, 0.4) is 0 Å². The highest BCUT2D eigenvalue weighted by Crippen LogP contribution is 2.20. The van der Waals surface area contributed by atoms with Gasteiger partial charge in [-0.05, 0) is 6.92 Å². The number of rotatable bonds is 2. The second-order valence-electron chi connectivity index (χ2n) is 3.38. The second-order valence-corrected chi connectivity index (χ2v) is 3.38. The number of aromatic nitrogens is 1. The van der Waals surface area contributed by atoms with Crippen LogP contribution in [0.1, 0.15) is 18.9 Å². The van der Waals surface area contributed by atoms with Crippen LogP contribution >= 0.6 is 37.2 Å². The molecule has 0 unspecified atom stereocenters. The molecular weight excluding hydrogens is 295 g/mol. The normalized spacial score (nSPS) is 9.50. The zero-order valence-electron chi connectivity index (χ0n) is 10.3. The van der Waals surface area contributed by atoms with Gasteiger partial charge in [-0.3, -0.25) is 4.98 Å². The first-order chi connectivity index (χ1) is 7.15. The van der Waals surface area contributed by atoms with E-state index in [9.17, 15) is 0 Å². The SMILES string of the molecule is CNc1c(N)cncc1C#CC[C@H](C)N.Cl.Cl.Cl. The van der Waals surface area contributed by atoms with Crippen LogP contribution in [0, 0.1) is 11.8 Å². The van der Waals surface area contributed by atoms with Gasteiger partial charge < -0.3 is 16.8 Å². The van der Waals surface area contributed by atoms with Gasteiger partial charge >= 0.3 is 0 Å². The molecule has 0 saturated heterocycles. The summed E-state index contributed by atoms with van der Waals surface area (Å²) in [6, 6.07) is 0.0876. The Hall–Kier alpha value is -0.860. The lowest BCUT2D eigenvalue weighted by molar-refractivity contribution is 0.771. The van der Waals surface area contributed by atoms with Crippen molar-refractivity contribution in [1.29, 1.82) is 0 Å². The molecule has 0 aromatic carbocycles. The summed E-state index contributed by atoms with van der Waals surface area (Å²) in [5.41, 5.74) is 13.6. The van der Waals surface area contributed by atoms with E-state index in [0.717, 1.165) is 11.3 Å². The maximum atomic E-state index is 5.75. The molecule has 0 saturated carbocycles. The first-order valence-electron chi connectivity index (χ1n) is 4.80. The zero-order valence-corrected chi connectivity index (χ0v) is 12.7. The summed E-state index contributed by atoms with van der Waals surface area (Å²) in [5, 5.41) is 3.00. The minimum atomic E-state index is 0. The van der Waals surface area contributed by atoms with Crippen molar-refractivity contribution in [1.82, 2.24) is 4.98 Å². The highest BCUT2D eigenvalue weighted by molar-refractivity contribution is 5.86. The largest absolute Gasteiger partial charge is 0.396 e. The van der Waals surface area contributed by atoms with Crippen molar-refractivity contribution < 1.29 is 0 Å². The van der Waals surface area contributed by atoms with E-state index in [-0.39, 0.29) is 43.3 Å². The number of nitrogens with one attached hydrogen (secondary N) is 1. The molecule has 18 heavy (non-hydrogen) atoms. The minimum Gasteiger partial charge on any atom is -0.396 e. The van der Waals surface area contributed by atoms with Crippen LogP contribution in [0.15, 0.2) is 12.4 Å². The molecule has 1 atom stereocenters. The van der Waals surface area contributed by atoms with Crippen LogP contribution in [-0.2, 0) is 0 Å². The topological polar surface area (TPSA) is 77.0 Å². The molecule has 0 aliphatic carbocycles. The van der Waals surface area contributed by atoms with Gasteiger partial charge in [-0.2, -0.15) is 0 Å². The quantitative estimate of drug-likeness (QED) is 0.730. The third-order valence-corrected chi connectivity index (χ3v) is 1.87. The molecule has 5 N–H and O–H groups in total. The Labute approximate surface area is 127 Å². The molecule has 104 valence electrons. The van der Waals surface area contributed by atoms with Crippen LogP contribution in [0.4, 0.5) is 11.4 Å². The summed E-state index contributed by atoms with van der Waals surface area (Å²) < 4.78 is 0. The molecule has 7 heteroatoms. The van der Waals surface area contributed by atoms with Gasteiger partial charge in [0, 0.05) is 25.7 Å². The predicted octanol–water partition coefficient (Wildman–Crippen LogP) is 2.06. The van der Waals surface area contributed by atoms with E-state index in [1.54, 1.807) is 12.4 Å². The van der Waals surface area contributed by atoms with Crippen molar-refractivity contribution in [2.75, 3.05) is 18.1 Å². The third kappa shape index (κ3) is 6.77. The number of hydrogen-bond acceptors (Lipinski definition) is 4. The number of pyridine rings is 1. The first kappa shape index (κ1) is 22.3. The van der Waals surface area contributed by atoms with Gasteiger partial charge in [0.1, 0.15) is 0 Å². The second kappa shape index (κ2) is 11.2. The summed E-state index contributed by atoms with van der Waals surface area (Å²) in [6.07, 6.45) is 3.96. The molecule has 0 fully saturated rings. The lowest BCUT2D eigenvalue weighted by Crippen LogP contribution is -2.12. The Morgan fingerprint density at radius 3 is 2.44 bits per heavy atom. The minimum absolute atomic E-state index is 0. The van der Waals surface area contributed by atoms with E-state index >= 15 is 0 Å². The molecule has 0 bridgehead atoms. The Morgan fingerprint density at radius 2 is 1.94 bits per heavy atom. The molecule has 1 aromatic rings. The van der Waals surface area contributed by atoms with Crippen LogP contribution in [0.25, 0.3) is 0 Å². The summed E-state index contributed by atoms with van der Waals surface area (Å²) >= 11 is 0. The lowest BCUT2D eigenvalue weighted by Gasteiger charge is -2.05. The fourth-order valence-corrected chi connectivity index (χ4v) is 1.16. The van der Waals surface area contributed by atoms with Gasteiger partial charge in [0.15, 0.2) is 0 Å². The molecule has 0 amide bonds. The summed E-state index contributed by atoms with van der Waals surface area (Å²) in [7, 11) is 1.81. The van der Waals surface area contributed by atoms with Crippen molar-refractivity contribution >= 4 is 48.6 Å². The fraction of sp³-hybridized carbons (Fsp3) is 0.364. The van der Waals surface area contributed by atoms with Gasteiger partial charge in [-0.1, -0.05) is 11.8 Å². The van der Waals surface area contributed by atoms with E-state index in [2.05, 4.69) is 22.1 Å². The van der Waals surface area contributed by atoms with Crippen LogP contribution in [0.5, 0.6) is 0 Å². The standard InChI is InChI=1S/C11H16N4.3ClH/c1-8(12)4-3-5-9-6-15-7-10(13)11(9)14-2;;;/h6-8H,4,12-13H2,1-2H3,(H,14,15);3*1H/t8-;;;/m0.../s1.